The molecule has 1 saturated heterocycles. The van der Waals surface area contributed by atoms with Crippen LogP contribution in [0.4, 0.5) is 5.82 Å². The highest BCUT2D eigenvalue weighted by molar-refractivity contribution is 5.97. The lowest BCUT2D eigenvalue weighted by atomic mass is 10.0. The summed E-state index contributed by atoms with van der Waals surface area (Å²) in [7, 11) is 0. The summed E-state index contributed by atoms with van der Waals surface area (Å²) in [5, 5.41) is 21.3. The molecular weight excluding hydrogens is 244 g/mol. The summed E-state index contributed by atoms with van der Waals surface area (Å²) >= 11 is 0. The first kappa shape index (κ1) is 13.6. The fourth-order valence-electron chi connectivity index (χ4n) is 2.50. The number of nitrogens with zero attached hydrogens (tertiary/aromatic N) is 3. The first-order valence-electron chi connectivity index (χ1n) is 6.49. The number of aryl methyl sites for hydroxylation is 1. The van der Waals surface area contributed by atoms with Gasteiger partial charge in [-0.2, -0.15) is 0 Å². The molecule has 2 heterocycles. The van der Waals surface area contributed by atoms with Gasteiger partial charge in [0.25, 0.3) is 0 Å². The van der Waals surface area contributed by atoms with Crippen LogP contribution in [0.5, 0.6) is 0 Å². The maximum atomic E-state index is 9.46. The van der Waals surface area contributed by atoms with Crippen molar-refractivity contribution >= 4 is 11.7 Å². The number of aromatic nitrogens is 1. The summed E-state index contributed by atoms with van der Waals surface area (Å²) in [5.74, 6) is 0.852. The number of piperidine rings is 1. The molecule has 1 aliphatic rings. The summed E-state index contributed by atoms with van der Waals surface area (Å²) in [6, 6.07) is 3.68. The summed E-state index contributed by atoms with van der Waals surface area (Å²) in [4.78, 5) is 6.60. The molecule has 0 radical (unpaired) electrons. The van der Waals surface area contributed by atoms with Crippen molar-refractivity contribution in [3.05, 3.63) is 23.4 Å². The molecule has 1 aromatic heterocycles. The molecule has 19 heavy (non-hydrogen) atoms. The molecule has 1 aliphatic heterocycles. The highest BCUT2D eigenvalue weighted by Crippen LogP contribution is 2.24. The minimum Gasteiger partial charge on any atom is -0.409 e. The Kier molecular flexibility index (Phi) is 4.21. The molecule has 6 nitrogen and oxygen atoms in total. The third-order valence-corrected chi connectivity index (χ3v) is 3.48. The maximum absolute atomic E-state index is 9.46. The van der Waals surface area contributed by atoms with E-state index in [4.69, 9.17) is 10.9 Å². The number of anilines is 1. The van der Waals surface area contributed by atoms with E-state index in [0.29, 0.717) is 5.56 Å². The molecule has 0 saturated carbocycles. The van der Waals surface area contributed by atoms with Crippen LogP contribution in [0, 0.1) is 6.92 Å². The summed E-state index contributed by atoms with van der Waals surface area (Å²) < 4.78 is 0. The van der Waals surface area contributed by atoms with Gasteiger partial charge in [0.05, 0.1) is 12.6 Å². The fraction of sp³-hybridized carbons (Fsp3) is 0.538. The van der Waals surface area contributed by atoms with Crippen molar-refractivity contribution in [2.45, 2.75) is 32.2 Å². The smallest absolute Gasteiger partial charge is 0.170 e. The van der Waals surface area contributed by atoms with Crippen molar-refractivity contribution < 1.29 is 10.3 Å². The zero-order chi connectivity index (χ0) is 13.8. The van der Waals surface area contributed by atoms with Crippen molar-refractivity contribution in [3.63, 3.8) is 0 Å². The lowest BCUT2D eigenvalue weighted by Gasteiger charge is -2.35. The number of aliphatic hydroxyl groups excluding tert-OH is 1. The van der Waals surface area contributed by atoms with E-state index in [1.165, 1.54) is 0 Å². The van der Waals surface area contributed by atoms with E-state index in [1.54, 1.807) is 12.1 Å². The van der Waals surface area contributed by atoms with Crippen molar-refractivity contribution in [1.29, 1.82) is 0 Å². The standard InChI is InChI=1S/C13H20N4O2/c1-9-6-10(13(14)16-19)7-12(15-9)17-5-3-2-4-11(17)8-18/h6-7,11,18-19H,2-5,8H2,1H3,(H2,14,16). The fourth-order valence-corrected chi connectivity index (χ4v) is 2.50. The third-order valence-electron chi connectivity index (χ3n) is 3.48. The second kappa shape index (κ2) is 5.88. The molecule has 0 spiro atoms. The molecule has 104 valence electrons. The highest BCUT2D eigenvalue weighted by atomic mass is 16.4. The van der Waals surface area contributed by atoms with E-state index >= 15 is 0 Å². The highest BCUT2D eigenvalue weighted by Gasteiger charge is 2.23. The van der Waals surface area contributed by atoms with Crippen molar-refractivity contribution in [3.8, 4) is 0 Å². The van der Waals surface area contributed by atoms with Gasteiger partial charge in [0.2, 0.25) is 0 Å². The van der Waals surface area contributed by atoms with Crippen LogP contribution >= 0.6 is 0 Å². The topological polar surface area (TPSA) is 95.0 Å². The van der Waals surface area contributed by atoms with Crippen LogP contribution in [-0.2, 0) is 0 Å². The Labute approximate surface area is 112 Å². The Morgan fingerprint density at radius 3 is 3.00 bits per heavy atom. The maximum Gasteiger partial charge on any atom is 0.170 e. The number of aliphatic hydroxyl groups is 1. The molecular formula is C13H20N4O2. The predicted molar refractivity (Wildman–Crippen MR) is 73.6 cm³/mol. The molecule has 1 fully saturated rings. The van der Waals surface area contributed by atoms with Crippen LogP contribution in [0.3, 0.4) is 0 Å². The van der Waals surface area contributed by atoms with Gasteiger partial charge in [-0.05, 0) is 38.3 Å². The lowest BCUT2D eigenvalue weighted by molar-refractivity contribution is 0.239. The second-order valence-corrected chi connectivity index (χ2v) is 4.87. The monoisotopic (exact) mass is 264 g/mol. The molecule has 0 aromatic carbocycles. The van der Waals surface area contributed by atoms with Gasteiger partial charge in [0.1, 0.15) is 5.82 Å². The predicted octanol–water partition coefficient (Wildman–Crippen LogP) is 0.836. The van der Waals surface area contributed by atoms with Crippen LogP contribution in [0.1, 0.15) is 30.5 Å². The largest absolute Gasteiger partial charge is 0.409 e. The minimum absolute atomic E-state index is 0.0734. The molecule has 0 aliphatic carbocycles. The van der Waals surface area contributed by atoms with Crippen LogP contribution in [0.25, 0.3) is 0 Å². The molecule has 0 amide bonds. The SMILES string of the molecule is Cc1cc(/C(N)=N/O)cc(N2CCCCC2CO)n1. The minimum atomic E-state index is 0.0734. The quantitative estimate of drug-likeness (QED) is 0.325. The average molecular weight is 264 g/mol. The summed E-state index contributed by atoms with van der Waals surface area (Å²) in [6.07, 6.45) is 3.18. The van der Waals surface area contributed by atoms with Crippen LogP contribution in [0.15, 0.2) is 17.3 Å². The van der Waals surface area contributed by atoms with E-state index < -0.39 is 0 Å². The molecule has 1 unspecified atom stereocenters. The first-order chi connectivity index (χ1) is 9.15. The normalized spacial score (nSPS) is 20.6. The number of oxime groups is 1. The van der Waals surface area contributed by atoms with Gasteiger partial charge in [-0.25, -0.2) is 4.98 Å². The third kappa shape index (κ3) is 2.96. The lowest BCUT2D eigenvalue weighted by Crippen LogP contribution is -2.42. The van der Waals surface area contributed by atoms with Gasteiger partial charge >= 0.3 is 0 Å². The van der Waals surface area contributed by atoms with Gasteiger partial charge in [0.15, 0.2) is 5.84 Å². The van der Waals surface area contributed by atoms with Crippen LogP contribution in [-0.4, -0.2) is 40.3 Å². The molecule has 1 aromatic rings. The molecule has 2 rings (SSSR count). The van der Waals surface area contributed by atoms with E-state index in [0.717, 1.165) is 37.3 Å². The zero-order valence-corrected chi connectivity index (χ0v) is 11.1. The van der Waals surface area contributed by atoms with E-state index in [1.807, 2.05) is 6.92 Å². The average Bonchev–Trinajstić information content (AvgIpc) is 2.45. The zero-order valence-electron chi connectivity index (χ0n) is 11.1. The molecule has 6 heteroatoms. The second-order valence-electron chi connectivity index (χ2n) is 4.87. The number of nitrogens with two attached hydrogens (primary N) is 1. The number of hydrogen-bond acceptors (Lipinski definition) is 5. The number of pyridine rings is 1. The summed E-state index contributed by atoms with van der Waals surface area (Å²) in [6.45, 7) is 2.86. The van der Waals surface area contributed by atoms with Gasteiger partial charge in [-0.3, -0.25) is 0 Å². The van der Waals surface area contributed by atoms with Gasteiger partial charge in [-0.1, -0.05) is 5.16 Å². The molecule has 0 bridgehead atoms. The van der Waals surface area contributed by atoms with Crippen molar-refractivity contribution in [1.82, 2.24) is 4.98 Å². The Balaban J connectivity index is 2.35. The van der Waals surface area contributed by atoms with Gasteiger partial charge in [0, 0.05) is 17.8 Å². The van der Waals surface area contributed by atoms with Crippen molar-refractivity contribution in [2.75, 3.05) is 18.1 Å². The number of amidine groups is 1. The Hall–Kier alpha value is -1.82. The van der Waals surface area contributed by atoms with Crippen LogP contribution < -0.4 is 10.6 Å². The number of hydrogen-bond donors (Lipinski definition) is 3. The van der Waals surface area contributed by atoms with E-state index in [-0.39, 0.29) is 18.5 Å². The van der Waals surface area contributed by atoms with Crippen LogP contribution in [0.2, 0.25) is 0 Å². The number of rotatable bonds is 3. The first-order valence-corrected chi connectivity index (χ1v) is 6.49. The van der Waals surface area contributed by atoms with E-state index in [2.05, 4.69) is 15.0 Å². The van der Waals surface area contributed by atoms with Gasteiger partial charge in [-0.15, -0.1) is 0 Å². The van der Waals surface area contributed by atoms with Crippen molar-refractivity contribution in [2.24, 2.45) is 10.9 Å². The van der Waals surface area contributed by atoms with E-state index in [9.17, 15) is 5.11 Å². The Morgan fingerprint density at radius 1 is 1.53 bits per heavy atom. The van der Waals surface area contributed by atoms with Gasteiger partial charge < -0.3 is 20.9 Å². The Bertz CT molecular complexity index is 476. The molecule has 1 atom stereocenters. The Morgan fingerprint density at radius 2 is 2.32 bits per heavy atom. The molecule has 4 N–H and O–H groups in total. The summed E-state index contributed by atoms with van der Waals surface area (Å²) in [5.41, 5.74) is 7.09.